The van der Waals surface area contributed by atoms with Gasteiger partial charge in [-0.25, -0.2) is 0 Å². The summed E-state index contributed by atoms with van der Waals surface area (Å²) in [5.74, 6) is 1.39. The van der Waals surface area contributed by atoms with Gasteiger partial charge in [0.2, 0.25) is 12.7 Å². The highest BCUT2D eigenvalue weighted by Crippen LogP contribution is 2.32. The molecular weight excluding hydrogens is 290 g/mol. The van der Waals surface area contributed by atoms with Crippen LogP contribution >= 0.6 is 0 Å². The van der Waals surface area contributed by atoms with Gasteiger partial charge in [-0.15, -0.1) is 0 Å². The lowest BCUT2D eigenvalue weighted by atomic mass is 10.2. The van der Waals surface area contributed by atoms with Crippen LogP contribution in [-0.2, 0) is 11.3 Å². The Hall–Kier alpha value is -3.01. The van der Waals surface area contributed by atoms with Crippen LogP contribution in [0.3, 0.4) is 0 Å². The fraction of sp³-hybridized carbons (Fsp3) is 0.105. The lowest BCUT2D eigenvalue weighted by molar-refractivity contribution is -0.116. The molecule has 0 bridgehead atoms. The van der Waals surface area contributed by atoms with Crippen LogP contribution in [0.4, 0.5) is 0 Å². The molecule has 3 rings (SSSR count). The molecule has 116 valence electrons. The number of nitrogens with one attached hydrogen (secondary N) is 1. The van der Waals surface area contributed by atoms with Crippen LogP contribution in [-0.4, -0.2) is 12.7 Å². The average molecular weight is 307 g/mol. The van der Waals surface area contributed by atoms with Gasteiger partial charge in [0, 0.05) is 12.6 Å². The number of fused-ring (bicyclic) bond motifs is 1. The van der Waals surface area contributed by atoms with Gasteiger partial charge in [-0.1, -0.05) is 54.6 Å². The first kappa shape index (κ1) is 14.9. The van der Waals surface area contributed by atoms with Gasteiger partial charge in [0.15, 0.2) is 11.5 Å². The average Bonchev–Trinajstić information content (AvgIpc) is 3.05. The summed E-state index contributed by atoms with van der Waals surface area (Å²) in [6.45, 7) is 0.792. The van der Waals surface area contributed by atoms with E-state index in [2.05, 4.69) is 5.32 Å². The highest BCUT2D eigenvalue weighted by Gasteiger charge is 2.11. The Balaban J connectivity index is 1.49. The molecule has 2 aromatic rings. The van der Waals surface area contributed by atoms with E-state index in [-0.39, 0.29) is 12.7 Å². The van der Waals surface area contributed by atoms with Crippen molar-refractivity contribution in [1.29, 1.82) is 0 Å². The van der Waals surface area contributed by atoms with Crippen LogP contribution in [0.1, 0.15) is 11.1 Å². The number of benzene rings is 2. The molecule has 0 aromatic heterocycles. The van der Waals surface area contributed by atoms with Crippen molar-refractivity contribution in [2.75, 3.05) is 6.79 Å². The quantitative estimate of drug-likeness (QED) is 0.681. The molecule has 1 amide bonds. The largest absolute Gasteiger partial charge is 0.454 e. The molecule has 0 spiro atoms. The number of hydrogen-bond acceptors (Lipinski definition) is 3. The molecule has 0 saturated carbocycles. The number of carbonyl (C=O) groups excluding carboxylic acids is 1. The van der Waals surface area contributed by atoms with Crippen LogP contribution in [0.15, 0.2) is 66.8 Å². The van der Waals surface area contributed by atoms with E-state index in [4.69, 9.17) is 9.47 Å². The first-order valence-corrected chi connectivity index (χ1v) is 7.37. The summed E-state index contributed by atoms with van der Waals surface area (Å²) >= 11 is 0. The smallest absolute Gasteiger partial charge is 0.244 e. The molecule has 0 aliphatic carbocycles. The fourth-order valence-corrected chi connectivity index (χ4v) is 2.17. The predicted molar refractivity (Wildman–Crippen MR) is 89.0 cm³/mol. The third kappa shape index (κ3) is 4.23. The Morgan fingerprint density at radius 2 is 1.87 bits per heavy atom. The zero-order valence-corrected chi connectivity index (χ0v) is 12.6. The summed E-state index contributed by atoms with van der Waals surface area (Å²) in [7, 11) is 0. The van der Waals surface area contributed by atoms with Crippen LogP contribution in [0.5, 0.6) is 11.5 Å². The molecule has 1 aliphatic rings. The first-order valence-electron chi connectivity index (χ1n) is 7.37. The Bertz CT molecular complexity index is 736. The van der Waals surface area contributed by atoms with Crippen molar-refractivity contribution in [3.8, 4) is 11.5 Å². The topological polar surface area (TPSA) is 47.6 Å². The minimum atomic E-state index is -0.121. The zero-order valence-electron chi connectivity index (χ0n) is 12.6. The molecule has 4 heteroatoms. The Morgan fingerprint density at radius 1 is 1.04 bits per heavy atom. The van der Waals surface area contributed by atoms with E-state index in [1.807, 2.05) is 60.7 Å². The Morgan fingerprint density at radius 3 is 2.74 bits per heavy atom. The second-order valence-corrected chi connectivity index (χ2v) is 5.03. The third-order valence-electron chi connectivity index (χ3n) is 3.35. The van der Waals surface area contributed by atoms with Crippen molar-refractivity contribution in [2.24, 2.45) is 0 Å². The van der Waals surface area contributed by atoms with Crippen molar-refractivity contribution in [3.63, 3.8) is 0 Å². The summed E-state index contributed by atoms with van der Waals surface area (Å²) in [4.78, 5) is 11.7. The van der Waals surface area contributed by atoms with Gasteiger partial charge in [-0.2, -0.15) is 0 Å². The van der Waals surface area contributed by atoms with Crippen molar-refractivity contribution in [3.05, 3.63) is 77.9 Å². The Kier molecular flexibility index (Phi) is 4.74. The lowest BCUT2D eigenvalue weighted by Crippen LogP contribution is -2.20. The maximum atomic E-state index is 11.7. The maximum Gasteiger partial charge on any atom is 0.244 e. The summed E-state index contributed by atoms with van der Waals surface area (Å²) in [6.07, 6.45) is 6.94. The predicted octanol–water partition coefficient (Wildman–Crippen LogP) is 3.30. The molecule has 0 unspecified atom stereocenters. The highest BCUT2D eigenvalue weighted by atomic mass is 16.7. The normalized spacial score (nSPS) is 12.9. The van der Waals surface area contributed by atoms with Crippen molar-refractivity contribution >= 4 is 12.0 Å². The number of amides is 1. The van der Waals surface area contributed by atoms with Crippen molar-refractivity contribution in [2.45, 2.75) is 6.54 Å². The summed E-state index contributed by atoms with van der Waals surface area (Å²) < 4.78 is 10.6. The van der Waals surface area contributed by atoms with E-state index in [0.29, 0.717) is 6.54 Å². The van der Waals surface area contributed by atoms with Crippen molar-refractivity contribution in [1.82, 2.24) is 5.32 Å². The van der Waals surface area contributed by atoms with E-state index < -0.39 is 0 Å². The first-order chi connectivity index (χ1) is 11.3. The molecule has 1 heterocycles. The van der Waals surface area contributed by atoms with Crippen LogP contribution < -0.4 is 14.8 Å². The standard InChI is InChI=1S/C19H17NO3/c21-19(20-13-16-7-2-1-3-8-16)9-5-4-6-15-10-11-17-18(12-15)23-14-22-17/h1-12H,13-14H2,(H,20,21)/b6-4+,9-5+. The van der Waals surface area contributed by atoms with E-state index in [9.17, 15) is 4.79 Å². The number of rotatable bonds is 5. The van der Waals surface area contributed by atoms with Crippen molar-refractivity contribution < 1.29 is 14.3 Å². The molecule has 4 nitrogen and oxygen atoms in total. The SMILES string of the molecule is O=C(/C=C/C=C/c1ccc2c(c1)OCO2)NCc1ccccc1. The van der Waals surface area contributed by atoms with Crippen LogP contribution in [0, 0.1) is 0 Å². The van der Waals surface area contributed by atoms with Gasteiger partial charge in [0.05, 0.1) is 0 Å². The second-order valence-electron chi connectivity index (χ2n) is 5.03. The molecule has 1 N–H and O–H groups in total. The van der Waals surface area contributed by atoms with Gasteiger partial charge in [-0.3, -0.25) is 4.79 Å². The molecule has 2 aromatic carbocycles. The van der Waals surface area contributed by atoms with Crippen LogP contribution in [0.25, 0.3) is 6.08 Å². The van der Waals surface area contributed by atoms with Gasteiger partial charge in [0.1, 0.15) is 0 Å². The minimum Gasteiger partial charge on any atom is -0.454 e. The zero-order chi connectivity index (χ0) is 15.9. The molecule has 0 atom stereocenters. The minimum absolute atomic E-state index is 0.121. The summed E-state index contributed by atoms with van der Waals surface area (Å²) in [5.41, 5.74) is 2.06. The van der Waals surface area contributed by atoms with E-state index in [1.54, 1.807) is 6.08 Å². The number of allylic oxidation sites excluding steroid dienone is 2. The third-order valence-corrected chi connectivity index (χ3v) is 3.35. The number of hydrogen-bond donors (Lipinski definition) is 1. The van der Waals surface area contributed by atoms with E-state index in [0.717, 1.165) is 22.6 Å². The molecular formula is C19H17NO3. The molecule has 23 heavy (non-hydrogen) atoms. The van der Waals surface area contributed by atoms with Gasteiger partial charge in [0.25, 0.3) is 0 Å². The number of carbonyl (C=O) groups is 1. The van der Waals surface area contributed by atoms with Gasteiger partial charge in [-0.05, 0) is 23.3 Å². The molecule has 0 fully saturated rings. The van der Waals surface area contributed by atoms with E-state index in [1.165, 1.54) is 6.08 Å². The van der Waals surface area contributed by atoms with Gasteiger partial charge < -0.3 is 14.8 Å². The van der Waals surface area contributed by atoms with Crippen LogP contribution in [0.2, 0.25) is 0 Å². The summed E-state index contributed by atoms with van der Waals surface area (Å²) in [6, 6.07) is 15.5. The Labute approximate surface area is 135 Å². The highest BCUT2D eigenvalue weighted by molar-refractivity contribution is 5.87. The monoisotopic (exact) mass is 307 g/mol. The lowest BCUT2D eigenvalue weighted by Gasteiger charge is -2.01. The summed E-state index contributed by atoms with van der Waals surface area (Å²) in [5, 5.41) is 2.84. The second kappa shape index (κ2) is 7.31. The molecule has 1 aliphatic heterocycles. The molecule has 0 radical (unpaired) electrons. The molecule has 0 saturated heterocycles. The van der Waals surface area contributed by atoms with Gasteiger partial charge >= 0.3 is 0 Å². The fourth-order valence-electron chi connectivity index (χ4n) is 2.17. The maximum absolute atomic E-state index is 11.7. The number of ether oxygens (including phenoxy) is 2. The van der Waals surface area contributed by atoms with E-state index >= 15 is 0 Å².